The van der Waals surface area contributed by atoms with Crippen molar-refractivity contribution in [3.8, 4) is 0 Å². The van der Waals surface area contributed by atoms with Gasteiger partial charge in [-0.05, 0) is 54.0 Å². The number of rotatable bonds is 4. The fourth-order valence-electron chi connectivity index (χ4n) is 2.48. The molecule has 3 rings (SSSR count). The average molecular weight is 432 g/mol. The topological polar surface area (TPSA) is 78.0 Å². The van der Waals surface area contributed by atoms with Crippen molar-refractivity contribution in [2.24, 2.45) is 0 Å². The van der Waals surface area contributed by atoms with Gasteiger partial charge in [0.1, 0.15) is 0 Å². The molecule has 1 heterocycles. The lowest BCUT2D eigenvalue weighted by Crippen LogP contribution is -2.15. The highest BCUT2D eigenvalue weighted by atomic mass is 79.9. The quantitative estimate of drug-likeness (QED) is 0.428. The zero-order valence-electron chi connectivity index (χ0n) is 14.0. The number of nitrogens with zero attached hydrogens (tertiary/aromatic N) is 3. The molecule has 0 fully saturated rings. The molecule has 0 atom stereocenters. The number of aryl methyl sites for hydroxylation is 1. The predicted octanol–water partition coefficient (Wildman–Crippen LogP) is 5.01. The minimum absolute atomic E-state index is 0.0441. The second-order valence-corrected chi connectivity index (χ2v) is 7.49. The van der Waals surface area contributed by atoms with Gasteiger partial charge in [-0.3, -0.25) is 14.9 Å². The van der Waals surface area contributed by atoms with Gasteiger partial charge in [-0.2, -0.15) is 9.78 Å². The first kappa shape index (κ1) is 18.3. The van der Waals surface area contributed by atoms with E-state index in [0.717, 1.165) is 21.2 Å². The minimum Gasteiger partial charge on any atom is -0.267 e. The maximum Gasteiger partial charge on any atom is 0.279 e. The molecule has 0 bridgehead atoms. The Labute approximate surface area is 162 Å². The summed E-state index contributed by atoms with van der Waals surface area (Å²) in [6.07, 6.45) is 0. The van der Waals surface area contributed by atoms with Crippen LogP contribution in [0.4, 0.5) is 5.69 Å². The Bertz CT molecular complexity index is 999. The van der Waals surface area contributed by atoms with Crippen molar-refractivity contribution in [2.75, 3.05) is 0 Å². The molecule has 3 aromatic rings. The molecule has 2 aromatic carbocycles. The van der Waals surface area contributed by atoms with E-state index in [1.165, 1.54) is 28.6 Å². The van der Waals surface area contributed by atoms with Gasteiger partial charge >= 0.3 is 0 Å². The standard InChI is InChI=1S/C18H14BrN3O3S/c1-11-17(26-14-9-7-13(8-10-14)22(24)25)12(2)21(20-11)18(23)15-5-3-4-6-16(15)19/h3-10H,1-2H3. The third-order valence-corrected chi connectivity index (χ3v) is 5.78. The number of non-ortho nitro benzene ring substituents is 1. The van der Waals surface area contributed by atoms with Crippen LogP contribution < -0.4 is 0 Å². The lowest BCUT2D eigenvalue weighted by molar-refractivity contribution is -0.384. The largest absolute Gasteiger partial charge is 0.279 e. The van der Waals surface area contributed by atoms with Crippen LogP contribution in [0.3, 0.4) is 0 Å². The normalized spacial score (nSPS) is 10.7. The van der Waals surface area contributed by atoms with Crippen LogP contribution in [0.1, 0.15) is 21.7 Å². The van der Waals surface area contributed by atoms with E-state index in [2.05, 4.69) is 21.0 Å². The molecule has 1 aromatic heterocycles. The van der Waals surface area contributed by atoms with Crippen molar-refractivity contribution >= 4 is 39.3 Å². The van der Waals surface area contributed by atoms with Crippen molar-refractivity contribution in [3.63, 3.8) is 0 Å². The number of aromatic nitrogens is 2. The fraction of sp³-hybridized carbons (Fsp3) is 0.111. The van der Waals surface area contributed by atoms with Crippen LogP contribution in [0.25, 0.3) is 0 Å². The fourth-order valence-corrected chi connectivity index (χ4v) is 3.86. The Balaban J connectivity index is 1.92. The zero-order chi connectivity index (χ0) is 18.8. The van der Waals surface area contributed by atoms with E-state index in [4.69, 9.17) is 0 Å². The predicted molar refractivity (Wildman–Crippen MR) is 103 cm³/mol. The van der Waals surface area contributed by atoms with E-state index in [0.29, 0.717) is 10.0 Å². The van der Waals surface area contributed by atoms with Crippen LogP contribution in [0, 0.1) is 24.0 Å². The van der Waals surface area contributed by atoms with Gasteiger partial charge in [0.25, 0.3) is 11.6 Å². The molecule has 0 amide bonds. The summed E-state index contributed by atoms with van der Waals surface area (Å²) in [6.45, 7) is 3.67. The molecule has 0 N–H and O–H groups in total. The third-order valence-electron chi connectivity index (χ3n) is 3.79. The van der Waals surface area contributed by atoms with E-state index >= 15 is 0 Å². The van der Waals surface area contributed by atoms with Crippen LogP contribution >= 0.6 is 27.7 Å². The summed E-state index contributed by atoms with van der Waals surface area (Å²) < 4.78 is 2.10. The lowest BCUT2D eigenvalue weighted by Gasteiger charge is -2.06. The smallest absolute Gasteiger partial charge is 0.267 e. The average Bonchev–Trinajstić information content (AvgIpc) is 2.90. The molecule has 0 saturated carbocycles. The van der Waals surface area contributed by atoms with Crippen molar-refractivity contribution < 1.29 is 9.72 Å². The third kappa shape index (κ3) is 3.56. The highest BCUT2D eigenvalue weighted by Gasteiger charge is 2.20. The van der Waals surface area contributed by atoms with Crippen LogP contribution in [0.2, 0.25) is 0 Å². The summed E-state index contributed by atoms with van der Waals surface area (Å²) in [4.78, 5) is 24.8. The van der Waals surface area contributed by atoms with Gasteiger partial charge in [0, 0.05) is 21.5 Å². The number of carbonyl (C=O) groups excluding carboxylic acids is 1. The Morgan fingerprint density at radius 1 is 1.15 bits per heavy atom. The maximum absolute atomic E-state index is 12.8. The van der Waals surface area contributed by atoms with Crippen LogP contribution in [0.5, 0.6) is 0 Å². The van der Waals surface area contributed by atoms with Gasteiger partial charge in [0.15, 0.2) is 0 Å². The molecule has 26 heavy (non-hydrogen) atoms. The van der Waals surface area contributed by atoms with Gasteiger partial charge in [0.05, 0.1) is 26.8 Å². The van der Waals surface area contributed by atoms with Crippen LogP contribution in [-0.4, -0.2) is 20.6 Å². The number of nitro benzene ring substituents is 1. The first-order valence-electron chi connectivity index (χ1n) is 7.66. The molecule has 0 unspecified atom stereocenters. The van der Waals surface area contributed by atoms with Crippen molar-refractivity contribution in [1.82, 2.24) is 9.78 Å². The van der Waals surface area contributed by atoms with Gasteiger partial charge in [-0.15, -0.1) is 0 Å². The molecule has 0 aliphatic rings. The zero-order valence-corrected chi connectivity index (χ0v) is 16.4. The lowest BCUT2D eigenvalue weighted by atomic mass is 10.2. The van der Waals surface area contributed by atoms with E-state index < -0.39 is 4.92 Å². The van der Waals surface area contributed by atoms with Crippen molar-refractivity contribution in [1.29, 1.82) is 0 Å². The number of carbonyl (C=O) groups is 1. The second-order valence-electron chi connectivity index (χ2n) is 5.55. The second kappa shape index (κ2) is 7.43. The summed E-state index contributed by atoms with van der Waals surface area (Å²) in [7, 11) is 0. The molecule has 8 heteroatoms. The Hall–Kier alpha value is -2.45. The molecular formula is C18H14BrN3O3S. The first-order valence-corrected chi connectivity index (χ1v) is 9.27. The molecular weight excluding hydrogens is 418 g/mol. The SMILES string of the molecule is Cc1nn(C(=O)c2ccccc2Br)c(C)c1Sc1ccc([N+](=O)[O-])cc1. The van der Waals surface area contributed by atoms with Gasteiger partial charge < -0.3 is 0 Å². The number of benzene rings is 2. The van der Waals surface area contributed by atoms with Crippen LogP contribution in [-0.2, 0) is 0 Å². The molecule has 132 valence electrons. The summed E-state index contributed by atoms with van der Waals surface area (Å²) in [5, 5.41) is 15.2. The maximum atomic E-state index is 12.8. The minimum atomic E-state index is -0.431. The Morgan fingerprint density at radius 2 is 1.81 bits per heavy atom. The number of hydrogen-bond donors (Lipinski definition) is 0. The van der Waals surface area contributed by atoms with Gasteiger partial charge in [-0.25, -0.2) is 0 Å². The van der Waals surface area contributed by atoms with Crippen molar-refractivity contribution in [3.05, 3.63) is 80.1 Å². The van der Waals surface area contributed by atoms with Gasteiger partial charge in [0.2, 0.25) is 0 Å². The highest BCUT2D eigenvalue weighted by molar-refractivity contribution is 9.10. The number of hydrogen-bond acceptors (Lipinski definition) is 5. The molecule has 0 aliphatic heterocycles. The molecule has 0 aliphatic carbocycles. The van der Waals surface area contributed by atoms with E-state index in [1.807, 2.05) is 26.0 Å². The summed E-state index contributed by atoms with van der Waals surface area (Å²) in [6, 6.07) is 13.5. The highest BCUT2D eigenvalue weighted by Crippen LogP contribution is 2.34. The first-order chi connectivity index (χ1) is 12.4. The molecule has 0 spiro atoms. The summed E-state index contributed by atoms with van der Waals surface area (Å²) >= 11 is 4.82. The monoisotopic (exact) mass is 431 g/mol. The molecule has 6 nitrogen and oxygen atoms in total. The number of nitro groups is 1. The van der Waals surface area contributed by atoms with E-state index in [9.17, 15) is 14.9 Å². The van der Waals surface area contributed by atoms with E-state index in [-0.39, 0.29) is 11.6 Å². The Morgan fingerprint density at radius 3 is 2.42 bits per heavy atom. The summed E-state index contributed by atoms with van der Waals surface area (Å²) in [5.74, 6) is -0.214. The molecule has 0 radical (unpaired) electrons. The Kier molecular flexibility index (Phi) is 5.24. The van der Waals surface area contributed by atoms with E-state index in [1.54, 1.807) is 24.3 Å². The van der Waals surface area contributed by atoms with Gasteiger partial charge in [-0.1, -0.05) is 23.9 Å². The summed E-state index contributed by atoms with van der Waals surface area (Å²) in [5.41, 5.74) is 2.03. The van der Waals surface area contributed by atoms with Crippen LogP contribution in [0.15, 0.2) is 62.8 Å². The number of halogens is 1. The molecule has 0 saturated heterocycles. The van der Waals surface area contributed by atoms with Crippen molar-refractivity contribution in [2.45, 2.75) is 23.6 Å².